The Morgan fingerprint density at radius 1 is 1.35 bits per heavy atom. The second-order valence-electron chi connectivity index (χ2n) is 5.45. The van der Waals surface area contributed by atoms with Gasteiger partial charge < -0.3 is 14.7 Å². The van der Waals surface area contributed by atoms with E-state index in [9.17, 15) is 4.79 Å². The van der Waals surface area contributed by atoms with Crippen LogP contribution in [-0.4, -0.2) is 42.2 Å². The van der Waals surface area contributed by atoms with E-state index < -0.39 is 5.97 Å². The number of carbonyl (C=O) groups is 1. The van der Waals surface area contributed by atoms with Crippen molar-refractivity contribution >= 4 is 5.97 Å². The van der Waals surface area contributed by atoms with E-state index in [2.05, 4.69) is 17.0 Å². The molecule has 2 rings (SSSR count). The number of benzene rings is 1. The first-order valence-corrected chi connectivity index (χ1v) is 7.30. The zero-order chi connectivity index (χ0) is 14.2. The van der Waals surface area contributed by atoms with Gasteiger partial charge in [0, 0.05) is 13.0 Å². The maximum atomic E-state index is 10.5. The topological polar surface area (TPSA) is 49.8 Å². The summed E-state index contributed by atoms with van der Waals surface area (Å²) in [6, 6.07) is 10.2. The third-order valence-corrected chi connectivity index (χ3v) is 3.70. The predicted octanol–water partition coefficient (Wildman–Crippen LogP) is 2.39. The maximum absolute atomic E-state index is 10.5. The van der Waals surface area contributed by atoms with Gasteiger partial charge in [0.15, 0.2) is 0 Å². The molecular formula is C16H23NO3. The van der Waals surface area contributed by atoms with Crippen molar-refractivity contribution in [2.45, 2.75) is 25.9 Å². The number of carboxylic acid groups (broad SMARTS) is 1. The summed E-state index contributed by atoms with van der Waals surface area (Å²) < 4.78 is 5.77. The first-order chi connectivity index (χ1) is 9.74. The van der Waals surface area contributed by atoms with Gasteiger partial charge in [-0.05, 0) is 37.4 Å². The van der Waals surface area contributed by atoms with E-state index in [0.29, 0.717) is 12.5 Å². The van der Waals surface area contributed by atoms with Crippen molar-refractivity contribution in [1.82, 2.24) is 4.90 Å². The Kier molecular flexibility index (Phi) is 6.02. The van der Waals surface area contributed by atoms with Gasteiger partial charge in [-0.1, -0.05) is 30.3 Å². The average Bonchev–Trinajstić information content (AvgIpc) is 2.87. The summed E-state index contributed by atoms with van der Waals surface area (Å²) in [5.41, 5.74) is 1.21. The van der Waals surface area contributed by atoms with E-state index >= 15 is 0 Å². The Hall–Kier alpha value is -1.39. The lowest BCUT2D eigenvalue weighted by Gasteiger charge is -2.15. The molecule has 0 amide bonds. The zero-order valence-electron chi connectivity index (χ0n) is 11.8. The molecule has 1 unspecified atom stereocenters. The number of likely N-dealkylation sites (tertiary alicyclic amines) is 1. The molecule has 1 aromatic carbocycles. The monoisotopic (exact) mass is 277 g/mol. The molecule has 1 aliphatic heterocycles. The summed E-state index contributed by atoms with van der Waals surface area (Å²) in [6.07, 6.45) is 2.17. The first-order valence-electron chi connectivity index (χ1n) is 7.30. The van der Waals surface area contributed by atoms with Gasteiger partial charge in [0.2, 0.25) is 0 Å². The molecule has 0 radical (unpaired) electrons. The van der Waals surface area contributed by atoms with Crippen LogP contribution < -0.4 is 0 Å². The van der Waals surface area contributed by atoms with Crippen LogP contribution in [0.1, 0.15) is 24.8 Å². The van der Waals surface area contributed by atoms with Crippen LogP contribution in [0, 0.1) is 5.92 Å². The number of nitrogens with zero attached hydrogens (tertiary/aromatic N) is 1. The lowest BCUT2D eigenvalue weighted by Crippen LogP contribution is -2.23. The van der Waals surface area contributed by atoms with E-state index in [-0.39, 0.29) is 6.42 Å². The summed E-state index contributed by atoms with van der Waals surface area (Å²) in [7, 11) is 0. The molecule has 20 heavy (non-hydrogen) atoms. The standard InChI is InChI=1S/C16H23NO3/c18-16(19)7-4-9-17-10-8-15(11-17)13-20-12-14-5-2-1-3-6-14/h1-3,5-6,15H,4,7-13H2,(H,18,19). The van der Waals surface area contributed by atoms with Gasteiger partial charge >= 0.3 is 5.97 Å². The fourth-order valence-electron chi connectivity index (χ4n) is 2.62. The third-order valence-electron chi connectivity index (χ3n) is 3.70. The quantitative estimate of drug-likeness (QED) is 0.792. The van der Waals surface area contributed by atoms with E-state index in [1.807, 2.05) is 18.2 Å². The molecule has 0 saturated carbocycles. The van der Waals surface area contributed by atoms with Crippen LogP contribution in [0.3, 0.4) is 0 Å². The molecule has 1 aromatic rings. The van der Waals surface area contributed by atoms with Crippen molar-refractivity contribution in [3.63, 3.8) is 0 Å². The van der Waals surface area contributed by atoms with Gasteiger partial charge in [0.05, 0.1) is 13.2 Å². The maximum Gasteiger partial charge on any atom is 0.303 e. The second kappa shape index (κ2) is 8.02. The highest BCUT2D eigenvalue weighted by atomic mass is 16.5. The van der Waals surface area contributed by atoms with Crippen LogP contribution in [0.15, 0.2) is 30.3 Å². The SMILES string of the molecule is O=C(O)CCCN1CCC(COCc2ccccc2)C1. The second-order valence-corrected chi connectivity index (χ2v) is 5.45. The molecule has 1 saturated heterocycles. The Labute approximate surface area is 120 Å². The van der Waals surface area contributed by atoms with Gasteiger partial charge in [-0.3, -0.25) is 4.79 Å². The van der Waals surface area contributed by atoms with Crippen LogP contribution in [0.4, 0.5) is 0 Å². The average molecular weight is 277 g/mol. The van der Waals surface area contributed by atoms with Crippen LogP contribution in [-0.2, 0) is 16.1 Å². The van der Waals surface area contributed by atoms with E-state index in [0.717, 1.165) is 39.1 Å². The lowest BCUT2D eigenvalue weighted by atomic mass is 10.1. The minimum atomic E-state index is -0.702. The highest BCUT2D eigenvalue weighted by Gasteiger charge is 2.22. The fourth-order valence-corrected chi connectivity index (χ4v) is 2.62. The normalized spacial score (nSPS) is 19.3. The summed E-state index contributed by atoms with van der Waals surface area (Å²) in [5.74, 6) is -0.115. The molecule has 1 heterocycles. The van der Waals surface area contributed by atoms with E-state index in [1.54, 1.807) is 0 Å². The number of rotatable bonds is 8. The van der Waals surface area contributed by atoms with E-state index in [1.165, 1.54) is 5.56 Å². The third kappa shape index (κ3) is 5.31. The molecule has 0 aromatic heterocycles. The van der Waals surface area contributed by atoms with Crippen LogP contribution in [0.2, 0.25) is 0 Å². The number of hydrogen-bond donors (Lipinski definition) is 1. The summed E-state index contributed by atoms with van der Waals surface area (Å²) >= 11 is 0. The molecule has 4 nitrogen and oxygen atoms in total. The van der Waals surface area contributed by atoms with Crippen molar-refractivity contribution in [3.05, 3.63) is 35.9 Å². The van der Waals surface area contributed by atoms with Gasteiger partial charge in [0.1, 0.15) is 0 Å². The smallest absolute Gasteiger partial charge is 0.303 e. The number of ether oxygens (including phenoxy) is 1. The molecule has 1 aliphatic rings. The van der Waals surface area contributed by atoms with Crippen molar-refractivity contribution < 1.29 is 14.6 Å². The van der Waals surface area contributed by atoms with Crippen molar-refractivity contribution in [1.29, 1.82) is 0 Å². The Morgan fingerprint density at radius 3 is 2.90 bits per heavy atom. The fraction of sp³-hybridized carbons (Fsp3) is 0.562. The van der Waals surface area contributed by atoms with Gasteiger partial charge in [-0.25, -0.2) is 0 Å². The molecular weight excluding hydrogens is 254 g/mol. The minimum Gasteiger partial charge on any atom is -0.481 e. The molecule has 0 bridgehead atoms. The Morgan fingerprint density at radius 2 is 2.15 bits per heavy atom. The summed E-state index contributed by atoms with van der Waals surface area (Å²) in [4.78, 5) is 12.8. The molecule has 1 atom stereocenters. The van der Waals surface area contributed by atoms with Crippen molar-refractivity contribution in [3.8, 4) is 0 Å². The summed E-state index contributed by atoms with van der Waals surface area (Å²) in [5, 5.41) is 8.63. The molecule has 4 heteroatoms. The zero-order valence-corrected chi connectivity index (χ0v) is 11.8. The molecule has 1 fully saturated rings. The van der Waals surface area contributed by atoms with Crippen LogP contribution >= 0.6 is 0 Å². The minimum absolute atomic E-state index is 0.270. The van der Waals surface area contributed by atoms with Crippen molar-refractivity contribution in [2.75, 3.05) is 26.2 Å². The molecule has 0 spiro atoms. The number of hydrogen-bond acceptors (Lipinski definition) is 3. The van der Waals surface area contributed by atoms with Crippen LogP contribution in [0.5, 0.6) is 0 Å². The Balaban J connectivity index is 1.58. The highest BCUT2D eigenvalue weighted by molar-refractivity contribution is 5.66. The molecule has 0 aliphatic carbocycles. The Bertz CT molecular complexity index is 407. The molecule has 1 N–H and O–H groups in total. The summed E-state index contributed by atoms with van der Waals surface area (Å²) in [6.45, 7) is 4.47. The van der Waals surface area contributed by atoms with Gasteiger partial charge in [0.25, 0.3) is 0 Å². The van der Waals surface area contributed by atoms with Gasteiger partial charge in [-0.2, -0.15) is 0 Å². The molecule has 110 valence electrons. The van der Waals surface area contributed by atoms with Crippen molar-refractivity contribution in [2.24, 2.45) is 5.92 Å². The van der Waals surface area contributed by atoms with E-state index in [4.69, 9.17) is 9.84 Å². The van der Waals surface area contributed by atoms with Gasteiger partial charge in [-0.15, -0.1) is 0 Å². The lowest BCUT2D eigenvalue weighted by molar-refractivity contribution is -0.137. The number of carboxylic acids is 1. The predicted molar refractivity (Wildman–Crippen MR) is 77.5 cm³/mol. The number of aliphatic carboxylic acids is 1. The highest BCUT2D eigenvalue weighted by Crippen LogP contribution is 2.17. The largest absolute Gasteiger partial charge is 0.481 e. The van der Waals surface area contributed by atoms with Crippen LogP contribution in [0.25, 0.3) is 0 Å². The first kappa shape index (κ1) is 15.0.